The van der Waals surface area contributed by atoms with Crippen molar-refractivity contribution in [3.63, 3.8) is 0 Å². The number of hydrogen-bond acceptors (Lipinski definition) is 3. The van der Waals surface area contributed by atoms with E-state index in [1.54, 1.807) is 6.92 Å². The van der Waals surface area contributed by atoms with Crippen LogP contribution in [0.5, 0.6) is 0 Å². The Bertz CT molecular complexity index is 1530. The Kier molecular flexibility index (Phi) is 4.47. The Labute approximate surface area is 178 Å². The van der Waals surface area contributed by atoms with E-state index in [1.807, 2.05) is 31.2 Å². The molecule has 8 heteroatoms. The minimum absolute atomic E-state index is 0.204. The Hall–Kier alpha value is -3.81. The van der Waals surface area contributed by atoms with Crippen molar-refractivity contribution in [2.24, 2.45) is 0 Å². The van der Waals surface area contributed by atoms with Gasteiger partial charge in [-0.05, 0) is 49.2 Å². The summed E-state index contributed by atoms with van der Waals surface area (Å²) in [6, 6.07) is 9.87. The lowest BCUT2D eigenvalue weighted by Crippen LogP contribution is -2.04. The molecule has 3 aromatic heterocycles. The summed E-state index contributed by atoms with van der Waals surface area (Å²) in [5, 5.41) is 1.54. The smallest absolute Gasteiger partial charge is 0.227 e. The molecule has 0 fully saturated rings. The molecule has 0 unspecified atom stereocenters. The second-order valence-corrected chi connectivity index (χ2v) is 7.42. The zero-order valence-corrected chi connectivity index (χ0v) is 16.7. The van der Waals surface area contributed by atoms with E-state index >= 15 is 0 Å². The minimum Gasteiger partial charge on any atom is -0.437 e. The van der Waals surface area contributed by atoms with Crippen LogP contribution in [-0.2, 0) is 0 Å². The molecule has 0 amide bonds. The summed E-state index contributed by atoms with van der Waals surface area (Å²) < 4.78 is 75.6. The summed E-state index contributed by atoms with van der Waals surface area (Å²) >= 11 is 0. The van der Waals surface area contributed by atoms with Crippen LogP contribution in [0.15, 0.2) is 47.0 Å². The van der Waals surface area contributed by atoms with E-state index in [1.165, 1.54) is 18.3 Å². The van der Waals surface area contributed by atoms with Crippen molar-refractivity contribution in [3.8, 4) is 22.4 Å². The number of halogens is 5. The van der Waals surface area contributed by atoms with Crippen molar-refractivity contribution in [2.45, 2.75) is 13.8 Å². The van der Waals surface area contributed by atoms with Gasteiger partial charge >= 0.3 is 0 Å². The number of fused-ring (bicyclic) bond motifs is 3. The zero-order chi connectivity index (χ0) is 22.7. The van der Waals surface area contributed by atoms with E-state index in [4.69, 9.17) is 4.42 Å². The quantitative estimate of drug-likeness (QED) is 0.168. The van der Waals surface area contributed by atoms with Crippen molar-refractivity contribution in [2.75, 3.05) is 0 Å². The maximum atomic E-state index is 14.4. The lowest BCUT2D eigenvalue weighted by molar-refractivity contribution is 0.381. The Morgan fingerprint density at radius 3 is 2.09 bits per heavy atom. The first-order valence-corrected chi connectivity index (χ1v) is 9.55. The zero-order valence-electron chi connectivity index (χ0n) is 16.7. The second-order valence-electron chi connectivity index (χ2n) is 7.42. The highest BCUT2D eigenvalue weighted by atomic mass is 19.2. The monoisotopic (exact) mass is 440 g/mol. The standard InChI is InChI=1S/C24H13F5N2O/c1-10-3-5-13-14-6-4-11(2)31-24(14)32-23(13)16(10)15-9-12(7-8-30-15)17-18(25)20(27)22(29)21(28)19(17)26/h3-9H,1-2H3. The van der Waals surface area contributed by atoms with Crippen molar-refractivity contribution < 1.29 is 26.4 Å². The molecule has 0 spiro atoms. The molecule has 5 rings (SSSR count). The van der Waals surface area contributed by atoms with Crippen LogP contribution >= 0.6 is 0 Å². The molecule has 160 valence electrons. The first kappa shape index (κ1) is 20.1. The average molecular weight is 440 g/mol. The highest BCUT2D eigenvalue weighted by Gasteiger charge is 2.27. The average Bonchev–Trinajstić information content (AvgIpc) is 3.13. The summed E-state index contributed by atoms with van der Waals surface area (Å²) in [6.45, 7) is 3.63. The second kappa shape index (κ2) is 7.12. The third kappa shape index (κ3) is 2.86. The van der Waals surface area contributed by atoms with Crippen molar-refractivity contribution in [3.05, 3.63) is 82.9 Å². The van der Waals surface area contributed by atoms with Gasteiger partial charge in [0.1, 0.15) is 5.58 Å². The van der Waals surface area contributed by atoms with Gasteiger partial charge in [0.2, 0.25) is 11.5 Å². The molecule has 0 aliphatic heterocycles. The summed E-state index contributed by atoms with van der Waals surface area (Å²) in [6.07, 6.45) is 1.24. The van der Waals surface area contributed by atoms with Crippen LogP contribution in [-0.4, -0.2) is 9.97 Å². The maximum Gasteiger partial charge on any atom is 0.227 e. The van der Waals surface area contributed by atoms with Crippen LogP contribution in [0.4, 0.5) is 22.0 Å². The van der Waals surface area contributed by atoms with Gasteiger partial charge < -0.3 is 4.42 Å². The molecule has 0 saturated carbocycles. The molecule has 0 N–H and O–H groups in total. The molecular formula is C24H13F5N2O. The Morgan fingerprint density at radius 1 is 0.719 bits per heavy atom. The SMILES string of the molecule is Cc1ccc2c(n1)oc1c(-c3cc(-c4c(F)c(F)c(F)c(F)c4F)ccn3)c(C)ccc12. The number of aromatic nitrogens is 2. The van der Waals surface area contributed by atoms with Crippen molar-refractivity contribution >= 4 is 22.1 Å². The molecule has 3 heterocycles. The maximum absolute atomic E-state index is 14.4. The lowest BCUT2D eigenvalue weighted by Gasteiger charge is -2.11. The van der Waals surface area contributed by atoms with E-state index in [9.17, 15) is 22.0 Å². The molecular weight excluding hydrogens is 427 g/mol. The molecule has 3 nitrogen and oxygen atoms in total. The van der Waals surface area contributed by atoms with Gasteiger partial charge in [0.05, 0.1) is 11.3 Å². The largest absolute Gasteiger partial charge is 0.437 e. The van der Waals surface area contributed by atoms with Crippen LogP contribution < -0.4 is 0 Å². The van der Waals surface area contributed by atoms with E-state index in [0.717, 1.165) is 22.0 Å². The first-order valence-electron chi connectivity index (χ1n) is 9.55. The Balaban J connectivity index is 1.78. The van der Waals surface area contributed by atoms with Gasteiger partial charge in [-0.3, -0.25) is 4.98 Å². The van der Waals surface area contributed by atoms with Crippen LogP contribution in [0, 0.1) is 42.9 Å². The molecule has 2 aromatic carbocycles. The summed E-state index contributed by atoms with van der Waals surface area (Å²) in [4.78, 5) is 8.66. The van der Waals surface area contributed by atoms with E-state index < -0.39 is 34.6 Å². The number of furan rings is 1. The van der Waals surface area contributed by atoms with Crippen molar-refractivity contribution in [1.29, 1.82) is 0 Å². The number of hydrogen-bond donors (Lipinski definition) is 0. The van der Waals surface area contributed by atoms with Crippen LogP contribution in [0.2, 0.25) is 0 Å². The van der Waals surface area contributed by atoms with E-state index in [-0.39, 0.29) is 11.3 Å². The number of aryl methyl sites for hydroxylation is 2. The van der Waals surface area contributed by atoms with Gasteiger partial charge in [0.15, 0.2) is 23.3 Å². The van der Waals surface area contributed by atoms with Gasteiger partial charge in [-0.2, -0.15) is 0 Å². The van der Waals surface area contributed by atoms with Crippen LogP contribution in [0.25, 0.3) is 44.5 Å². The van der Waals surface area contributed by atoms with E-state index in [2.05, 4.69) is 9.97 Å². The Morgan fingerprint density at radius 2 is 1.38 bits per heavy atom. The topological polar surface area (TPSA) is 38.9 Å². The van der Waals surface area contributed by atoms with Crippen LogP contribution in [0.1, 0.15) is 11.3 Å². The molecule has 0 saturated heterocycles. The molecule has 0 aliphatic carbocycles. The summed E-state index contributed by atoms with van der Waals surface area (Å²) in [7, 11) is 0. The summed E-state index contributed by atoms with van der Waals surface area (Å²) in [5.74, 6) is -10.0. The molecule has 0 atom stereocenters. The highest BCUT2D eigenvalue weighted by molar-refractivity contribution is 6.09. The number of nitrogens with zero attached hydrogens (tertiary/aromatic N) is 2. The first-order chi connectivity index (χ1) is 15.3. The molecule has 0 bridgehead atoms. The lowest BCUT2D eigenvalue weighted by atomic mass is 9.98. The third-order valence-corrected chi connectivity index (χ3v) is 5.37. The number of rotatable bonds is 2. The van der Waals surface area contributed by atoms with Gasteiger partial charge in [0.25, 0.3) is 0 Å². The van der Waals surface area contributed by atoms with E-state index in [0.29, 0.717) is 16.9 Å². The fourth-order valence-electron chi connectivity index (χ4n) is 3.81. The van der Waals surface area contributed by atoms with Gasteiger partial charge in [0, 0.05) is 28.2 Å². The van der Waals surface area contributed by atoms with Crippen LogP contribution in [0.3, 0.4) is 0 Å². The highest BCUT2D eigenvalue weighted by Crippen LogP contribution is 2.38. The third-order valence-electron chi connectivity index (χ3n) is 5.37. The van der Waals surface area contributed by atoms with Gasteiger partial charge in [-0.1, -0.05) is 12.1 Å². The molecule has 0 radical (unpaired) electrons. The predicted molar refractivity (Wildman–Crippen MR) is 109 cm³/mol. The number of benzene rings is 2. The fourth-order valence-corrected chi connectivity index (χ4v) is 3.81. The summed E-state index contributed by atoms with van der Waals surface area (Å²) in [5.41, 5.74) is 1.95. The normalized spacial score (nSPS) is 11.6. The van der Waals surface area contributed by atoms with Gasteiger partial charge in [-0.25, -0.2) is 26.9 Å². The molecule has 32 heavy (non-hydrogen) atoms. The fraction of sp³-hybridized carbons (Fsp3) is 0.0833. The molecule has 0 aliphatic rings. The predicted octanol–water partition coefficient (Wildman–Crippen LogP) is 7.02. The molecule has 5 aromatic rings. The van der Waals surface area contributed by atoms with Crippen molar-refractivity contribution in [1.82, 2.24) is 9.97 Å². The van der Waals surface area contributed by atoms with Gasteiger partial charge in [-0.15, -0.1) is 0 Å². The number of pyridine rings is 2. The minimum atomic E-state index is -2.20.